The summed E-state index contributed by atoms with van der Waals surface area (Å²) in [6, 6.07) is 15.0. The number of nitro groups is 1. The number of aromatic hydroxyl groups is 2. The van der Waals surface area contributed by atoms with Gasteiger partial charge in [0.25, 0.3) is 0 Å². The van der Waals surface area contributed by atoms with Crippen LogP contribution in [0.1, 0.15) is 21.5 Å². The number of methoxy groups -OCH3 is 1. The number of carbonyl (C=O) groups excluding carboxylic acids is 1. The van der Waals surface area contributed by atoms with E-state index in [1.165, 1.54) is 37.5 Å². The molecule has 8 nitrogen and oxygen atoms in total. The lowest BCUT2D eigenvalue weighted by Crippen LogP contribution is -2.01. The highest BCUT2D eigenvalue weighted by Gasteiger charge is 2.15. The number of nitro benzene ring substituents is 1. The number of benzene rings is 3. The summed E-state index contributed by atoms with van der Waals surface area (Å²) in [4.78, 5) is 23.0. The fourth-order valence-corrected chi connectivity index (χ4v) is 2.89. The number of rotatable bonds is 8. The minimum absolute atomic E-state index is 0.0163. The first-order valence-corrected chi connectivity index (χ1v) is 9.16. The molecule has 0 saturated carbocycles. The van der Waals surface area contributed by atoms with Crippen molar-refractivity contribution in [1.29, 1.82) is 0 Å². The number of allylic oxidation sites excluding steroid dienone is 1. The van der Waals surface area contributed by atoms with Gasteiger partial charge < -0.3 is 19.7 Å². The molecule has 0 spiro atoms. The molecule has 3 aromatic rings. The van der Waals surface area contributed by atoms with E-state index >= 15 is 0 Å². The Morgan fingerprint density at radius 3 is 2.55 bits per heavy atom. The average molecular weight is 421 g/mol. The Hall–Kier alpha value is -4.33. The zero-order valence-corrected chi connectivity index (χ0v) is 16.5. The van der Waals surface area contributed by atoms with Crippen LogP contribution in [0.3, 0.4) is 0 Å². The van der Waals surface area contributed by atoms with Crippen LogP contribution in [0.2, 0.25) is 0 Å². The highest BCUT2D eigenvalue weighted by Crippen LogP contribution is 2.29. The number of phenolic OH excluding ortho intramolecular Hbond substituents is 2. The monoisotopic (exact) mass is 421 g/mol. The lowest BCUT2D eigenvalue weighted by atomic mass is 10.1. The fraction of sp³-hybridized carbons (Fsp3) is 0.0870. The van der Waals surface area contributed by atoms with Gasteiger partial charge in [-0.2, -0.15) is 0 Å². The molecule has 0 fully saturated rings. The molecule has 0 aliphatic heterocycles. The maximum Gasteiger partial charge on any atom is 0.310 e. The second-order valence-electron chi connectivity index (χ2n) is 6.48. The Labute approximate surface area is 177 Å². The molecule has 2 N–H and O–H groups in total. The standard InChI is InChI=1S/C23H19NO7/c1-30-22-11-7-15(6-10-20(26)18-9-8-17(25)13-21(18)27)12-16(22)14-31-23-5-3-2-4-19(23)24(28)29/h2-13,25,27H,14H2,1H3/b10-6+. The van der Waals surface area contributed by atoms with Crippen molar-refractivity contribution in [3.63, 3.8) is 0 Å². The van der Waals surface area contributed by atoms with E-state index < -0.39 is 10.7 Å². The number of hydrogen-bond acceptors (Lipinski definition) is 7. The van der Waals surface area contributed by atoms with Gasteiger partial charge >= 0.3 is 5.69 Å². The molecule has 0 atom stereocenters. The summed E-state index contributed by atoms with van der Waals surface area (Å²) in [5.74, 6) is -0.239. The van der Waals surface area contributed by atoms with Crippen LogP contribution in [0.25, 0.3) is 6.08 Å². The summed E-state index contributed by atoms with van der Waals surface area (Å²) in [5.41, 5.74) is 1.20. The van der Waals surface area contributed by atoms with Gasteiger partial charge in [0.2, 0.25) is 0 Å². The number of para-hydroxylation sites is 2. The van der Waals surface area contributed by atoms with Gasteiger partial charge in [-0.05, 0) is 42.0 Å². The van der Waals surface area contributed by atoms with Crippen LogP contribution in [0, 0.1) is 10.1 Å². The third kappa shape index (κ3) is 5.18. The summed E-state index contributed by atoms with van der Waals surface area (Å²) in [5, 5.41) is 30.3. The normalized spacial score (nSPS) is 10.7. The molecule has 0 aliphatic rings. The summed E-state index contributed by atoms with van der Waals surface area (Å²) >= 11 is 0. The third-order valence-electron chi connectivity index (χ3n) is 4.42. The molecule has 0 radical (unpaired) electrons. The minimum Gasteiger partial charge on any atom is -0.508 e. The maximum atomic E-state index is 12.3. The fourth-order valence-electron chi connectivity index (χ4n) is 2.89. The van der Waals surface area contributed by atoms with Gasteiger partial charge in [0.1, 0.15) is 23.9 Å². The second kappa shape index (κ2) is 9.45. The van der Waals surface area contributed by atoms with Crippen molar-refractivity contribution in [3.8, 4) is 23.0 Å². The predicted molar refractivity (Wildman–Crippen MR) is 114 cm³/mol. The number of carbonyl (C=O) groups is 1. The van der Waals surface area contributed by atoms with Crippen LogP contribution in [-0.2, 0) is 6.61 Å². The minimum atomic E-state index is -0.518. The molecular formula is C23H19NO7. The van der Waals surface area contributed by atoms with Crippen molar-refractivity contribution in [2.75, 3.05) is 7.11 Å². The third-order valence-corrected chi connectivity index (χ3v) is 4.42. The molecule has 0 bridgehead atoms. The van der Waals surface area contributed by atoms with Gasteiger partial charge in [-0.3, -0.25) is 14.9 Å². The molecule has 0 aromatic heterocycles. The Morgan fingerprint density at radius 1 is 1.06 bits per heavy atom. The van der Waals surface area contributed by atoms with Crippen molar-refractivity contribution >= 4 is 17.5 Å². The van der Waals surface area contributed by atoms with E-state index in [2.05, 4.69) is 0 Å². The predicted octanol–water partition coefficient (Wildman–Crippen LogP) is 4.49. The topological polar surface area (TPSA) is 119 Å². The van der Waals surface area contributed by atoms with Crippen LogP contribution in [0.15, 0.2) is 66.7 Å². The molecule has 0 saturated heterocycles. The molecule has 0 unspecified atom stereocenters. The van der Waals surface area contributed by atoms with Crippen molar-refractivity contribution in [2.24, 2.45) is 0 Å². The zero-order chi connectivity index (χ0) is 22.4. The number of phenols is 2. The number of ether oxygens (including phenoxy) is 2. The quantitative estimate of drug-likeness (QED) is 0.238. The SMILES string of the molecule is COc1ccc(/C=C/C(=O)c2ccc(O)cc2O)cc1COc1ccccc1[N+](=O)[O-]. The van der Waals surface area contributed by atoms with Crippen molar-refractivity contribution < 1.29 is 29.4 Å². The molecule has 158 valence electrons. The molecule has 0 amide bonds. The van der Waals surface area contributed by atoms with Gasteiger partial charge in [0, 0.05) is 17.7 Å². The molecule has 0 heterocycles. The average Bonchev–Trinajstić information content (AvgIpc) is 2.76. The van der Waals surface area contributed by atoms with Gasteiger partial charge in [-0.1, -0.05) is 24.3 Å². The van der Waals surface area contributed by atoms with E-state index in [4.69, 9.17) is 9.47 Å². The number of nitrogens with zero attached hydrogens (tertiary/aromatic N) is 1. The lowest BCUT2D eigenvalue weighted by molar-refractivity contribution is -0.385. The number of hydrogen-bond donors (Lipinski definition) is 2. The Bertz CT molecular complexity index is 1150. The maximum absolute atomic E-state index is 12.3. The smallest absolute Gasteiger partial charge is 0.310 e. The Kier molecular flexibility index (Phi) is 6.51. The second-order valence-corrected chi connectivity index (χ2v) is 6.48. The van der Waals surface area contributed by atoms with E-state index in [1.54, 1.807) is 36.4 Å². The summed E-state index contributed by atoms with van der Waals surface area (Å²) in [6.07, 6.45) is 2.85. The summed E-state index contributed by atoms with van der Waals surface area (Å²) < 4.78 is 11.0. The van der Waals surface area contributed by atoms with Crippen molar-refractivity contribution in [3.05, 3.63) is 93.5 Å². The number of ketones is 1. The molecule has 8 heteroatoms. The molecular weight excluding hydrogens is 402 g/mol. The van der Waals surface area contributed by atoms with Crippen molar-refractivity contribution in [2.45, 2.75) is 6.61 Å². The largest absolute Gasteiger partial charge is 0.508 e. The van der Waals surface area contributed by atoms with Crippen LogP contribution in [0.5, 0.6) is 23.0 Å². The van der Waals surface area contributed by atoms with Gasteiger partial charge in [-0.15, -0.1) is 0 Å². The van der Waals surface area contributed by atoms with Gasteiger partial charge in [0.05, 0.1) is 17.6 Å². The molecule has 3 rings (SSSR count). The first-order chi connectivity index (χ1) is 14.9. The molecule has 3 aromatic carbocycles. The van der Waals surface area contributed by atoms with E-state index in [9.17, 15) is 25.1 Å². The zero-order valence-electron chi connectivity index (χ0n) is 16.5. The van der Waals surface area contributed by atoms with Crippen LogP contribution in [-0.4, -0.2) is 28.0 Å². The van der Waals surface area contributed by atoms with E-state index in [0.717, 1.165) is 6.07 Å². The summed E-state index contributed by atoms with van der Waals surface area (Å²) in [7, 11) is 1.50. The van der Waals surface area contributed by atoms with E-state index in [-0.39, 0.29) is 35.1 Å². The van der Waals surface area contributed by atoms with Crippen LogP contribution < -0.4 is 9.47 Å². The van der Waals surface area contributed by atoms with Crippen molar-refractivity contribution in [1.82, 2.24) is 0 Å². The molecule has 0 aliphatic carbocycles. The molecule has 31 heavy (non-hydrogen) atoms. The van der Waals surface area contributed by atoms with Crippen LogP contribution in [0.4, 0.5) is 5.69 Å². The highest BCUT2D eigenvalue weighted by atomic mass is 16.6. The highest BCUT2D eigenvalue weighted by molar-refractivity contribution is 6.08. The van der Waals surface area contributed by atoms with E-state index in [1.807, 2.05) is 0 Å². The Balaban J connectivity index is 1.80. The first kappa shape index (κ1) is 21.4. The lowest BCUT2D eigenvalue weighted by Gasteiger charge is -2.11. The van der Waals surface area contributed by atoms with Gasteiger partial charge in [-0.25, -0.2) is 0 Å². The Morgan fingerprint density at radius 2 is 1.84 bits per heavy atom. The van der Waals surface area contributed by atoms with Crippen LogP contribution >= 0.6 is 0 Å². The van der Waals surface area contributed by atoms with Gasteiger partial charge in [0.15, 0.2) is 11.5 Å². The summed E-state index contributed by atoms with van der Waals surface area (Å²) in [6.45, 7) is 0.0163. The first-order valence-electron chi connectivity index (χ1n) is 9.16. The van der Waals surface area contributed by atoms with E-state index in [0.29, 0.717) is 16.9 Å².